The molecule has 0 aromatic heterocycles. The highest BCUT2D eigenvalue weighted by molar-refractivity contribution is 5.22. The van der Waals surface area contributed by atoms with Crippen molar-refractivity contribution in [2.75, 3.05) is 20.1 Å². The average Bonchev–Trinajstić information content (AvgIpc) is 2.28. The lowest BCUT2D eigenvalue weighted by Gasteiger charge is -2.36. The number of piperidine rings is 1. The lowest BCUT2D eigenvalue weighted by atomic mass is 9.95. The van der Waals surface area contributed by atoms with Crippen molar-refractivity contribution in [3.63, 3.8) is 0 Å². The van der Waals surface area contributed by atoms with Gasteiger partial charge in [-0.25, -0.2) is 0 Å². The van der Waals surface area contributed by atoms with E-state index in [1.54, 1.807) is 0 Å². The number of likely N-dealkylation sites (N-methyl/N-ethyl adjacent to an activating group) is 1. The molecule has 0 radical (unpaired) electrons. The van der Waals surface area contributed by atoms with Crippen LogP contribution in [0.1, 0.15) is 24.5 Å². The van der Waals surface area contributed by atoms with Crippen molar-refractivity contribution in [2.45, 2.75) is 32.9 Å². The number of nitrogens with zero attached hydrogens (tertiary/aromatic N) is 1. The molecular weight excluding hydrogens is 208 g/mol. The van der Waals surface area contributed by atoms with Crippen LogP contribution in [0.2, 0.25) is 0 Å². The van der Waals surface area contributed by atoms with E-state index in [2.05, 4.69) is 55.4 Å². The number of nitrogens with one attached hydrogen (secondary N) is 1. The predicted octanol–water partition coefficient (Wildman–Crippen LogP) is 2.42. The summed E-state index contributed by atoms with van der Waals surface area (Å²) >= 11 is 0. The number of rotatable bonds is 3. The third-order valence-corrected chi connectivity index (χ3v) is 3.63. The highest BCUT2D eigenvalue weighted by Crippen LogP contribution is 2.18. The standard InChI is InChI=1S/C15H24N2/c1-12-5-4-6-14(7-12)10-17-9-13(2)8-15(11-17)16-3/h4-7,13,15-16H,8-11H2,1-3H3. The Kier molecular flexibility index (Phi) is 4.19. The highest BCUT2D eigenvalue weighted by atomic mass is 15.2. The van der Waals surface area contributed by atoms with Crippen LogP contribution in [0.15, 0.2) is 24.3 Å². The first-order valence-electron chi connectivity index (χ1n) is 6.62. The molecule has 1 aromatic rings. The van der Waals surface area contributed by atoms with Crippen LogP contribution in [0.25, 0.3) is 0 Å². The first-order valence-corrected chi connectivity index (χ1v) is 6.62. The second kappa shape index (κ2) is 5.65. The first kappa shape index (κ1) is 12.6. The molecule has 0 amide bonds. The summed E-state index contributed by atoms with van der Waals surface area (Å²) in [6.07, 6.45) is 1.31. The van der Waals surface area contributed by atoms with Gasteiger partial charge >= 0.3 is 0 Å². The van der Waals surface area contributed by atoms with Gasteiger partial charge in [-0.1, -0.05) is 36.8 Å². The van der Waals surface area contributed by atoms with E-state index in [9.17, 15) is 0 Å². The molecule has 2 nitrogen and oxygen atoms in total. The van der Waals surface area contributed by atoms with Gasteiger partial charge in [-0.05, 0) is 31.9 Å². The van der Waals surface area contributed by atoms with Crippen LogP contribution in [-0.4, -0.2) is 31.1 Å². The van der Waals surface area contributed by atoms with Crippen LogP contribution in [0, 0.1) is 12.8 Å². The second-order valence-corrected chi connectivity index (χ2v) is 5.51. The fourth-order valence-corrected chi connectivity index (χ4v) is 2.87. The van der Waals surface area contributed by atoms with Gasteiger partial charge in [-0.15, -0.1) is 0 Å². The van der Waals surface area contributed by atoms with Gasteiger partial charge < -0.3 is 5.32 Å². The molecule has 2 rings (SSSR count). The van der Waals surface area contributed by atoms with Crippen LogP contribution in [0.5, 0.6) is 0 Å². The maximum absolute atomic E-state index is 3.42. The number of hydrogen-bond acceptors (Lipinski definition) is 2. The van der Waals surface area contributed by atoms with Gasteiger partial charge in [0.2, 0.25) is 0 Å². The molecule has 2 heteroatoms. The summed E-state index contributed by atoms with van der Waals surface area (Å²) in [6, 6.07) is 9.52. The minimum atomic E-state index is 0.656. The van der Waals surface area contributed by atoms with Crippen molar-refractivity contribution in [1.29, 1.82) is 0 Å². The van der Waals surface area contributed by atoms with E-state index in [0.29, 0.717) is 6.04 Å². The Bertz CT molecular complexity index is 362. The molecule has 2 unspecified atom stereocenters. The molecule has 2 atom stereocenters. The van der Waals surface area contributed by atoms with E-state index in [-0.39, 0.29) is 0 Å². The van der Waals surface area contributed by atoms with Crippen molar-refractivity contribution in [1.82, 2.24) is 10.2 Å². The zero-order valence-electron chi connectivity index (χ0n) is 11.2. The maximum atomic E-state index is 3.42. The first-order chi connectivity index (χ1) is 8.17. The Hall–Kier alpha value is -0.860. The van der Waals surface area contributed by atoms with Crippen molar-refractivity contribution in [2.24, 2.45) is 5.92 Å². The van der Waals surface area contributed by atoms with E-state index in [1.807, 2.05) is 0 Å². The quantitative estimate of drug-likeness (QED) is 0.861. The molecule has 1 heterocycles. The van der Waals surface area contributed by atoms with Crippen molar-refractivity contribution in [3.05, 3.63) is 35.4 Å². The molecule has 0 saturated carbocycles. The van der Waals surface area contributed by atoms with Crippen molar-refractivity contribution in [3.8, 4) is 0 Å². The van der Waals surface area contributed by atoms with Crippen LogP contribution in [-0.2, 0) is 6.54 Å². The molecule has 1 fully saturated rings. The largest absolute Gasteiger partial charge is 0.316 e. The molecule has 1 aliphatic heterocycles. The van der Waals surface area contributed by atoms with Gasteiger partial charge in [0.25, 0.3) is 0 Å². The summed E-state index contributed by atoms with van der Waals surface area (Å²) in [5.74, 6) is 0.797. The number of aryl methyl sites for hydroxylation is 1. The maximum Gasteiger partial charge on any atom is 0.0234 e. The van der Waals surface area contributed by atoms with E-state index < -0.39 is 0 Å². The molecule has 1 saturated heterocycles. The van der Waals surface area contributed by atoms with Gasteiger partial charge in [0.05, 0.1) is 0 Å². The van der Waals surface area contributed by atoms with E-state index in [0.717, 1.165) is 12.5 Å². The third kappa shape index (κ3) is 3.55. The van der Waals surface area contributed by atoms with E-state index >= 15 is 0 Å². The molecular formula is C15H24N2. The molecule has 94 valence electrons. The highest BCUT2D eigenvalue weighted by Gasteiger charge is 2.23. The minimum Gasteiger partial charge on any atom is -0.316 e. The zero-order chi connectivity index (χ0) is 12.3. The van der Waals surface area contributed by atoms with Crippen LogP contribution in [0.4, 0.5) is 0 Å². The van der Waals surface area contributed by atoms with Gasteiger partial charge in [-0.3, -0.25) is 4.90 Å². The van der Waals surface area contributed by atoms with Crippen LogP contribution in [0.3, 0.4) is 0 Å². The lowest BCUT2D eigenvalue weighted by molar-refractivity contribution is 0.146. The van der Waals surface area contributed by atoms with Gasteiger partial charge in [0.15, 0.2) is 0 Å². The predicted molar refractivity (Wildman–Crippen MR) is 73.1 cm³/mol. The van der Waals surface area contributed by atoms with Crippen LogP contribution >= 0.6 is 0 Å². The second-order valence-electron chi connectivity index (χ2n) is 5.51. The summed E-state index contributed by atoms with van der Waals surface area (Å²) in [5, 5.41) is 3.42. The van der Waals surface area contributed by atoms with Crippen molar-refractivity contribution < 1.29 is 0 Å². The van der Waals surface area contributed by atoms with Gasteiger partial charge in [0, 0.05) is 25.7 Å². The molecule has 0 bridgehead atoms. The lowest BCUT2D eigenvalue weighted by Crippen LogP contribution is -2.47. The molecule has 17 heavy (non-hydrogen) atoms. The summed E-state index contributed by atoms with van der Waals surface area (Å²) < 4.78 is 0. The Morgan fingerprint density at radius 3 is 2.88 bits per heavy atom. The number of benzene rings is 1. The SMILES string of the molecule is CNC1CC(C)CN(Cc2cccc(C)c2)C1. The Balaban J connectivity index is 1.98. The Morgan fingerprint density at radius 2 is 2.18 bits per heavy atom. The Morgan fingerprint density at radius 1 is 1.35 bits per heavy atom. The number of hydrogen-bond donors (Lipinski definition) is 1. The zero-order valence-corrected chi connectivity index (χ0v) is 11.2. The van der Waals surface area contributed by atoms with Gasteiger partial charge in [0.1, 0.15) is 0 Å². The Labute approximate surface area is 105 Å². The molecule has 0 spiro atoms. The molecule has 1 N–H and O–H groups in total. The fourth-order valence-electron chi connectivity index (χ4n) is 2.87. The normalized spacial score (nSPS) is 26.1. The van der Waals surface area contributed by atoms with E-state index in [4.69, 9.17) is 0 Å². The minimum absolute atomic E-state index is 0.656. The fraction of sp³-hybridized carbons (Fsp3) is 0.600. The summed E-state index contributed by atoms with van der Waals surface area (Å²) in [4.78, 5) is 2.57. The molecule has 1 aromatic carbocycles. The number of likely N-dealkylation sites (tertiary alicyclic amines) is 1. The summed E-state index contributed by atoms with van der Waals surface area (Å²) in [7, 11) is 2.08. The van der Waals surface area contributed by atoms with Crippen molar-refractivity contribution >= 4 is 0 Å². The smallest absolute Gasteiger partial charge is 0.0234 e. The third-order valence-electron chi connectivity index (χ3n) is 3.63. The summed E-state index contributed by atoms with van der Waals surface area (Å²) in [6.45, 7) is 8.01. The van der Waals surface area contributed by atoms with Gasteiger partial charge in [-0.2, -0.15) is 0 Å². The average molecular weight is 232 g/mol. The topological polar surface area (TPSA) is 15.3 Å². The molecule has 1 aliphatic rings. The summed E-state index contributed by atoms with van der Waals surface area (Å²) in [5.41, 5.74) is 2.80. The monoisotopic (exact) mass is 232 g/mol. The van der Waals surface area contributed by atoms with E-state index in [1.165, 1.54) is 30.6 Å². The molecule has 0 aliphatic carbocycles. The van der Waals surface area contributed by atoms with Crippen LogP contribution < -0.4 is 5.32 Å².